The van der Waals surface area contributed by atoms with Crippen LogP contribution in [0.4, 0.5) is 12.0 Å². The molecular formula is C36H61N9O5. The van der Waals surface area contributed by atoms with E-state index in [0.29, 0.717) is 48.8 Å². The molecule has 4 saturated heterocycles. The molecule has 50 heavy (non-hydrogen) atoms. The van der Waals surface area contributed by atoms with E-state index >= 15 is 0 Å². The monoisotopic (exact) mass is 699 g/mol. The first-order valence-corrected chi connectivity index (χ1v) is 19.4. The van der Waals surface area contributed by atoms with E-state index in [2.05, 4.69) is 48.5 Å². The zero-order valence-electron chi connectivity index (χ0n) is 30.2. The summed E-state index contributed by atoms with van der Waals surface area (Å²) in [7, 11) is 0. The summed E-state index contributed by atoms with van der Waals surface area (Å²) >= 11 is 0. The second kappa shape index (κ2) is 20.2. The van der Waals surface area contributed by atoms with Crippen LogP contribution in [0.5, 0.6) is 0 Å². The average molecular weight is 700 g/mol. The summed E-state index contributed by atoms with van der Waals surface area (Å²) in [6.45, 7) is 11.0. The van der Waals surface area contributed by atoms with Gasteiger partial charge in [0.05, 0.1) is 0 Å². The lowest BCUT2D eigenvalue weighted by Gasteiger charge is -2.29. The molecule has 4 N–H and O–H groups in total. The SMILES string of the molecule is CCC1CCN(c2nc(C3CC3)no2)CC1.N#CN1CCC(CO)CC1.OCC1CCN(c2nc(C3CC3)no2)CC1.OCC1CCNCC1. The smallest absolute Gasteiger partial charge is 0.324 e. The Kier molecular flexibility index (Phi) is 15.4. The molecule has 0 spiro atoms. The number of nitrogens with one attached hydrogen (secondary N) is 1. The predicted molar refractivity (Wildman–Crippen MR) is 189 cm³/mol. The summed E-state index contributed by atoms with van der Waals surface area (Å²) < 4.78 is 10.6. The van der Waals surface area contributed by atoms with E-state index in [1.165, 1.54) is 44.9 Å². The van der Waals surface area contributed by atoms with Crippen LogP contribution in [0.2, 0.25) is 0 Å². The van der Waals surface area contributed by atoms with E-state index in [9.17, 15) is 0 Å². The van der Waals surface area contributed by atoms with Crippen molar-refractivity contribution >= 4 is 12.0 Å². The van der Waals surface area contributed by atoms with Crippen LogP contribution < -0.4 is 15.1 Å². The molecule has 2 aliphatic carbocycles. The summed E-state index contributed by atoms with van der Waals surface area (Å²) in [5, 5.41) is 46.3. The van der Waals surface area contributed by atoms with E-state index in [4.69, 9.17) is 29.6 Å². The van der Waals surface area contributed by atoms with Crippen LogP contribution in [0.25, 0.3) is 0 Å². The Morgan fingerprint density at radius 1 is 0.620 bits per heavy atom. The van der Waals surface area contributed by atoms with E-state index in [0.717, 1.165) is 114 Å². The number of nitriles is 1. The lowest BCUT2D eigenvalue weighted by Crippen LogP contribution is -2.34. The van der Waals surface area contributed by atoms with Gasteiger partial charge in [0.15, 0.2) is 17.8 Å². The Morgan fingerprint density at radius 2 is 1.02 bits per heavy atom. The van der Waals surface area contributed by atoms with Crippen LogP contribution in [0.15, 0.2) is 9.05 Å². The quantitative estimate of drug-likeness (QED) is 0.291. The fraction of sp³-hybridized carbons (Fsp3) is 0.861. The molecule has 2 aromatic rings. The molecule has 0 aromatic carbocycles. The van der Waals surface area contributed by atoms with E-state index in [-0.39, 0.29) is 6.61 Å². The van der Waals surface area contributed by atoms with Crippen LogP contribution in [-0.2, 0) is 0 Å². The Labute approximate surface area is 297 Å². The number of aliphatic hydroxyl groups is 3. The second-order valence-corrected chi connectivity index (χ2v) is 15.0. The average Bonchev–Trinajstić information content (AvgIpc) is 4.13. The number of aromatic nitrogens is 4. The van der Waals surface area contributed by atoms with Crippen molar-refractivity contribution in [2.45, 2.75) is 102 Å². The standard InChI is InChI=1S/C12H19N3O.C11H17N3O2.C7H12N2O.C6H13NO/c1-2-9-5-7-15(8-6-9)12-13-11(14-16-12)10-3-4-10;15-7-8-3-5-14(6-4-8)11-12-10(13-16-11)9-1-2-9;8-6-9-3-1-7(5-10)2-4-9;8-5-6-1-3-7-4-2-6/h9-10H,2-8H2,1H3;8-9,15H,1-7H2;7,10H,1-5H2;6-8H,1-5H2. The molecule has 4 aliphatic heterocycles. The Morgan fingerprint density at radius 3 is 1.38 bits per heavy atom. The van der Waals surface area contributed by atoms with Crippen molar-refractivity contribution in [3.05, 3.63) is 11.6 Å². The maximum Gasteiger partial charge on any atom is 0.324 e. The number of anilines is 2. The number of rotatable bonds is 8. The molecule has 14 heteroatoms. The topological polar surface area (TPSA) is 184 Å². The fourth-order valence-corrected chi connectivity index (χ4v) is 6.84. The number of hydrogen-bond acceptors (Lipinski definition) is 14. The molecule has 14 nitrogen and oxygen atoms in total. The van der Waals surface area contributed by atoms with Crippen LogP contribution in [0.1, 0.15) is 114 Å². The molecule has 0 radical (unpaired) electrons. The Hall–Kier alpha value is -2.99. The van der Waals surface area contributed by atoms with Gasteiger partial charge in [0.2, 0.25) is 0 Å². The molecule has 6 heterocycles. The number of piperidine rings is 4. The maximum atomic E-state index is 9.06. The second-order valence-electron chi connectivity index (χ2n) is 15.0. The first-order chi connectivity index (χ1) is 24.5. The molecule has 2 aromatic heterocycles. The van der Waals surface area contributed by atoms with Gasteiger partial charge in [-0.1, -0.05) is 23.7 Å². The molecule has 280 valence electrons. The Bertz CT molecular complexity index is 1180. The number of aliphatic hydroxyl groups excluding tert-OH is 3. The van der Waals surface area contributed by atoms with Crippen molar-refractivity contribution < 1.29 is 24.4 Å². The molecule has 0 unspecified atom stereocenters. The first kappa shape index (κ1) is 38.2. The minimum absolute atomic E-state index is 0.277. The molecule has 0 atom stereocenters. The normalized spacial score (nSPS) is 22.4. The van der Waals surface area contributed by atoms with Gasteiger partial charge in [0.1, 0.15) is 0 Å². The summed E-state index contributed by atoms with van der Waals surface area (Å²) in [5.74, 6) is 5.29. The van der Waals surface area contributed by atoms with Gasteiger partial charge in [-0.2, -0.15) is 15.2 Å². The van der Waals surface area contributed by atoms with Gasteiger partial charge in [-0.05, 0) is 114 Å². The van der Waals surface area contributed by atoms with Crippen LogP contribution >= 0.6 is 0 Å². The molecule has 6 fully saturated rings. The summed E-state index contributed by atoms with van der Waals surface area (Å²) in [5.41, 5.74) is 0. The number of nitrogens with zero attached hydrogens (tertiary/aromatic N) is 8. The van der Waals surface area contributed by atoms with Crippen molar-refractivity contribution in [1.82, 2.24) is 30.5 Å². The van der Waals surface area contributed by atoms with Gasteiger partial charge in [-0.3, -0.25) is 0 Å². The van der Waals surface area contributed by atoms with Gasteiger partial charge in [0.25, 0.3) is 0 Å². The van der Waals surface area contributed by atoms with Gasteiger partial charge in [0, 0.05) is 70.9 Å². The summed E-state index contributed by atoms with van der Waals surface area (Å²) in [4.78, 5) is 15.0. The molecule has 0 amide bonds. The van der Waals surface area contributed by atoms with Crippen molar-refractivity contribution in [2.75, 3.05) is 82.0 Å². The first-order valence-electron chi connectivity index (χ1n) is 19.4. The third-order valence-electron chi connectivity index (χ3n) is 11.1. The largest absolute Gasteiger partial charge is 0.396 e. The summed E-state index contributed by atoms with van der Waals surface area (Å²) in [6, 6.07) is 1.41. The zero-order valence-corrected chi connectivity index (χ0v) is 30.2. The molecule has 6 aliphatic rings. The van der Waals surface area contributed by atoms with Crippen LogP contribution in [0, 0.1) is 35.1 Å². The highest BCUT2D eigenvalue weighted by Gasteiger charge is 2.31. The lowest BCUT2D eigenvalue weighted by atomic mass is 9.95. The van der Waals surface area contributed by atoms with Gasteiger partial charge < -0.3 is 44.4 Å². The van der Waals surface area contributed by atoms with Gasteiger partial charge in [-0.15, -0.1) is 0 Å². The third-order valence-corrected chi connectivity index (χ3v) is 11.1. The minimum Gasteiger partial charge on any atom is -0.396 e. The Balaban J connectivity index is 0.000000135. The summed E-state index contributed by atoms with van der Waals surface area (Å²) in [6.07, 6.45) is 17.0. The highest BCUT2D eigenvalue weighted by atomic mass is 16.5. The lowest BCUT2D eigenvalue weighted by molar-refractivity contribution is 0.161. The van der Waals surface area contributed by atoms with E-state index < -0.39 is 0 Å². The number of hydrogen-bond donors (Lipinski definition) is 4. The van der Waals surface area contributed by atoms with Gasteiger partial charge >= 0.3 is 12.0 Å². The van der Waals surface area contributed by atoms with Gasteiger partial charge in [-0.25, -0.2) is 0 Å². The van der Waals surface area contributed by atoms with Crippen molar-refractivity contribution in [2.24, 2.45) is 23.7 Å². The van der Waals surface area contributed by atoms with E-state index in [1.54, 1.807) is 4.90 Å². The number of likely N-dealkylation sites (tertiary alicyclic amines) is 1. The fourth-order valence-electron chi connectivity index (χ4n) is 6.84. The molecule has 0 bridgehead atoms. The van der Waals surface area contributed by atoms with Crippen molar-refractivity contribution in [1.29, 1.82) is 5.26 Å². The van der Waals surface area contributed by atoms with Crippen LogP contribution in [0.3, 0.4) is 0 Å². The predicted octanol–water partition coefficient (Wildman–Crippen LogP) is 3.88. The van der Waals surface area contributed by atoms with Crippen molar-refractivity contribution in [3.8, 4) is 6.19 Å². The highest BCUT2D eigenvalue weighted by Crippen LogP contribution is 2.40. The minimum atomic E-state index is 0.277. The van der Waals surface area contributed by atoms with E-state index in [1.807, 2.05) is 0 Å². The van der Waals surface area contributed by atoms with Crippen LogP contribution in [-0.4, -0.2) is 113 Å². The zero-order chi connectivity index (χ0) is 35.1. The van der Waals surface area contributed by atoms with Crippen molar-refractivity contribution in [3.63, 3.8) is 0 Å². The third kappa shape index (κ3) is 12.1. The maximum absolute atomic E-state index is 9.06. The highest BCUT2D eigenvalue weighted by molar-refractivity contribution is 5.28. The molecule has 2 saturated carbocycles. The molecule has 8 rings (SSSR count). The molecular weight excluding hydrogens is 638 g/mol.